The van der Waals surface area contributed by atoms with Crippen molar-refractivity contribution >= 4 is 34.8 Å². The highest BCUT2D eigenvalue weighted by Gasteiger charge is 2.33. The van der Waals surface area contributed by atoms with E-state index in [-0.39, 0.29) is 24.3 Å². The summed E-state index contributed by atoms with van der Waals surface area (Å²) in [5.41, 5.74) is 5.94. The van der Waals surface area contributed by atoms with E-state index in [4.69, 9.17) is 15.7 Å². The minimum Gasteiger partial charge on any atom is -0.467 e. The number of rotatable bonds is 9. The van der Waals surface area contributed by atoms with Gasteiger partial charge in [-0.2, -0.15) is 5.26 Å². The lowest BCUT2D eigenvalue weighted by atomic mass is 9.92. The van der Waals surface area contributed by atoms with Gasteiger partial charge in [-0.05, 0) is 44.2 Å². The number of fused-ring (bicyclic) bond motifs is 1. The third-order valence-electron chi connectivity index (χ3n) is 6.74. The molecular formula is C24H34N8O4. The number of ether oxygens (including phenoxy) is 1. The Morgan fingerprint density at radius 1 is 1.36 bits per heavy atom. The van der Waals surface area contributed by atoms with Crippen LogP contribution in [-0.4, -0.2) is 83.2 Å². The lowest BCUT2D eigenvalue weighted by Crippen LogP contribution is -2.52. The van der Waals surface area contributed by atoms with E-state index < -0.39 is 18.0 Å². The molecule has 12 nitrogen and oxygen atoms in total. The molecule has 0 aromatic carbocycles. The molecule has 1 saturated heterocycles. The number of aromatic nitrogens is 3. The fraction of sp³-hybridized carbons (Fsp3) is 0.583. The molecule has 3 rings (SSSR count). The fourth-order valence-corrected chi connectivity index (χ4v) is 4.60. The number of hydrogen-bond acceptors (Lipinski definition) is 9. The molecule has 0 unspecified atom stereocenters. The zero-order valence-electron chi connectivity index (χ0n) is 21.0. The van der Waals surface area contributed by atoms with E-state index in [1.807, 2.05) is 18.0 Å². The van der Waals surface area contributed by atoms with Gasteiger partial charge in [-0.15, -0.1) is 0 Å². The van der Waals surface area contributed by atoms with E-state index in [2.05, 4.69) is 22.2 Å². The van der Waals surface area contributed by atoms with E-state index in [9.17, 15) is 14.4 Å². The van der Waals surface area contributed by atoms with Gasteiger partial charge in [-0.1, -0.05) is 6.92 Å². The van der Waals surface area contributed by atoms with Crippen LogP contribution in [0.5, 0.6) is 0 Å². The summed E-state index contributed by atoms with van der Waals surface area (Å²) in [5, 5.41) is 12.3. The molecule has 3 N–H and O–H groups in total. The summed E-state index contributed by atoms with van der Waals surface area (Å²) in [6.45, 7) is 3.73. The Kier molecular flexibility index (Phi) is 9.19. The van der Waals surface area contributed by atoms with Gasteiger partial charge >= 0.3 is 12.0 Å². The highest BCUT2D eigenvalue weighted by atomic mass is 16.5. The number of nitrogens with one attached hydrogen (secondary N) is 1. The summed E-state index contributed by atoms with van der Waals surface area (Å²) in [7, 11) is 3.19. The number of hydrogen-bond donors (Lipinski definition) is 2. The van der Waals surface area contributed by atoms with E-state index in [0.29, 0.717) is 49.3 Å². The van der Waals surface area contributed by atoms with Crippen molar-refractivity contribution < 1.29 is 19.1 Å². The van der Waals surface area contributed by atoms with Crippen molar-refractivity contribution in [1.82, 2.24) is 24.8 Å². The average Bonchev–Trinajstić information content (AvgIpc) is 3.32. The molecule has 1 aliphatic rings. The molecule has 1 fully saturated rings. The zero-order chi connectivity index (χ0) is 26.2. The molecule has 3 atom stereocenters. The van der Waals surface area contributed by atoms with Crippen molar-refractivity contribution in [2.24, 2.45) is 11.7 Å². The molecule has 0 radical (unpaired) electrons. The summed E-state index contributed by atoms with van der Waals surface area (Å²) in [5.74, 6) is 0.218. The van der Waals surface area contributed by atoms with Crippen LogP contribution >= 0.6 is 0 Å². The molecule has 36 heavy (non-hydrogen) atoms. The van der Waals surface area contributed by atoms with Gasteiger partial charge in [-0.25, -0.2) is 19.6 Å². The lowest BCUT2D eigenvalue weighted by Gasteiger charge is -2.42. The zero-order valence-corrected chi connectivity index (χ0v) is 21.0. The van der Waals surface area contributed by atoms with Crippen LogP contribution in [-0.2, 0) is 14.3 Å². The Morgan fingerprint density at radius 2 is 2.14 bits per heavy atom. The van der Waals surface area contributed by atoms with Gasteiger partial charge in [0.2, 0.25) is 5.91 Å². The Bertz CT molecular complexity index is 1130. The summed E-state index contributed by atoms with van der Waals surface area (Å²) in [4.78, 5) is 50.1. The molecule has 0 bridgehead atoms. The molecule has 0 spiro atoms. The van der Waals surface area contributed by atoms with Crippen molar-refractivity contribution in [3.63, 3.8) is 0 Å². The second kappa shape index (κ2) is 12.3. The lowest BCUT2D eigenvalue weighted by molar-refractivity contribution is -0.143. The van der Waals surface area contributed by atoms with Gasteiger partial charge in [0.15, 0.2) is 5.65 Å². The number of nitrogens with zero attached hydrogens (tertiary/aromatic N) is 6. The topological polar surface area (TPSA) is 159 Å². The number of carbonyl (C=O) groups excluding carboxylic acids is 3. The molecule has 0 saturated carbocycles. The number of likely N-dealkylation sites (N-methyl/N-ethyl adjacent to an activating group) is 1. The Balaban J connectivity index is 1.83. The summed E-state index contributed by atoms with van der Waals surface area (Å²) in [6.07, 6.45) is 5.47. The number of piperidine rings is 1. The Hall–Kier alpha value is -3.72. The monoisotopic (exact) mass is 498 g/mol. The molecule has 2 amide bonds. The number of methoxy groups -OCH3 is 1. The molecule has 1 aliphatic heterocycles. The minimum absolute atomic E-state index is 0.0251. The van der Waals surface area contributed by atoms with Crippen molar-refractivity contribution in [1.29, 1.82) is 5.26 Å². The number of amides is 2. The van der Waals surface area contributed by atoms with Crippen LogP contribution in [0.1, 0.15) is 39.0 Å². The molecule has 12 heteroatoms. The summed E-state index contributed by atoms with van der Waals surface area (Å²) >= 11 is 0. The van der Waals surface area contributed by atoms with Gasteiger partial charge in [-0.3, -0.25) is 9.36 Å². The first-order valence-electron chi connectivity index (χ1n) is 12.1. The second-order valence-corrected chi connectivity index (χ2v) is 9.05. The smallest absolute Gasteiger partial charge is 0.328 e. The highest BCUT2D eigenvalue weighted by molar-refractivity contribution is 5.96. The maximum atomic E-state index is 13.1. The maximum absolute atomic E-state index is 13.1. The Morgan fingerprint density at radius 3 is 2.83 bits per heavy atom. The molecule has 194 valence electrons. The third kappa shape index (κ3) is 5.91. The van der Waals surface area contributed by atoms with Crippen LogP contribution in [0, 0.1) is 17.2 Å². The maximum Gasteiger partial charge on any atom is 0.328 e. The predicted molar refractivity (Wildman–Crippen MR) is 133 cm³/mol. The van der Waals surface area contributed by atoms with Crippen molar-refractivity contribution in [3.05, 3.63) is 18.6 Å². The van der Waals surface area contributed by atoms with E-state index in [1.54, 1.807) is 17.2 Å². The van der Waals surface area contributed by atoms with E-state index >= 15 is 0 Å². The number of carbonyl (C=O) groups is 3. The highest BCUT2D eigenvalue weighted by Crippen LogP contribution is 2.29. The number of likely N-dealkylation sites (tertiary alicyclic amines) is 1. The standard InChI is InChI=1S/C24H34N8O4/c1-16-8-12-31(20(33)7-11-26)14-19(16)30(2)21-17-9-13-32(22(17)28-15-27-21)24(35)29-18(23(34)36-3)6-4-5-10-25/h9,13,15-16,18-19H,4-8,10,12,14,25H2,1-3H3,(H,29,35)/t16-,18+,19+/m1/s1. The first kappa shape index (κ1) is 26.9. The summed E-state index contributed by atoms with van der Waals surface area (Å²) in [6, 6.07) is 2.36. The van der Waals surface area contributed by atoms with E-state index in [0.717, 1.165) is 12.8 Å². The first-order valence-corrected chi connectivity index (χ1v) is 12.1. The first-order chi connectivity index (χ1) is 17.3. The van der Waals surface area contributed by atoms with Crippen molar-refractivity contribution in [2.75, 3.05) is 38.7 Å². The van der Waals surface area contributed by atoms with Crippen LogP contribution < -0.4 is 16.0 Å². The number of esters is 1. The van der Waals surface area contributed by atoms with Crippen LogP contribution in [0.15, 0.2) is 18.6 Å². The largest absolute Gasteiger partial charge is 0.467 e. The normalized spacial score (nSPS) is 18.4. The van der Waals surface area contributed by atoms with Crippen LogP contribution in [0.2, 0.25) is 0 Å². The molecule has 2 aromatic heterocycles. The molecule has 0 aliphatic carbocycles. The van der Waals surface area contributed by atoms with Gasteiger partial charge in [0, 0.05) is 26.3 Å². The van der Waals surface area contributed by atoms with Crippen molar-refractivity contribution in [2.45, 2.75) is 51.1 Å². The number of nitrogens with two attached hydrogens (primary N) is 1. The van der Waals surface area contributed by atoms with Gasteiger partial charge in [0.1, 0.15) is 24.6 Å². The Labute approximate surface area is 210 Å². The molecule has 3 heterocycles. The summed E-state index contributed by atoms with van der Waals surface area (Å²) < 4.78 is 6.19. The van der Waals surface area contributed by atoms with Crippen LogP contribution in [0.3, 0.4) is 0 Å². The van der Waals surface area contributed by atoms with Crippen molar-refractivity contribution in [3.8, 4) is 6.07 Å². The molecule has 2 aromatic rings. The average molecular weight is 499 g/mol. The SMILES string of the molecule is COC(=O)[C@H](CCCCN)NC(=O)n1ccc2c(N(C)[C@H]3CN(C(=O)CC#N)CC[C@H]3C)ncnc21. The quantitative estimate of drug-likeness (QED) is 0.383. The van der Waals surface area contributed by atoms with Crippen LogP contribution in [0.25, 0.3) is 11.0 Å². The van der Waals surface area contributed by atoms with Gasteiger partial charge < -0.3 is 25.6 Å². The minimum atomic E-state index is -0.796. The number of anilines is 1. The second-order valence-electron chi connectivity index (χ2n) is 9.05. The third-order valence-corrected chi connectivity index (χ3v) is 6.74. The van der Waals surface area contributed by atoms with Crippen LogP contribution in [0.4, 0.5) is 10.6 Å². The van der Waals surface area contributed by atoms with Gasteiger partial charge in [0.25, 0.3) is 0 Å². The predicted octanol–water partition coefficient (Wildman–Crippen LogP) is 1.25. The number of unbranched alkanes of at least 4 members (excludes halogenated alkanes) is 1. The number of nitriles is 1. The fourth-order valence-electron chi connectivity index (χ4n) is 4.60. The molecular weight excluding hydrogens is 464 g/mol. The van der Waals surface area contributed by atoms with E-state index in [1.165, 1.54) is 18.0 Å². The van der Waals surface area contributed by atoms with Gasteiger partial charge in [0.05, 0.1) is 24.6 Å².